The Hall–Kier alpha value is -1.54. The fourth-order valence-electron chi connectivity index (χ4n) is 2.01. The average molecular weight is 458 g/mol. The number of rotatable bonds is 5. The Kier molecular flexibility index (Phi) is 6.01. The normalized spacial score (nSPS) is 10.7. The Morgan fingerprint density at radius 1 is 1.16 bits per heavy atom. The van der Waals surface area contributed by atoms with Crippen LogP contribution in [-0.4, -0.2) is 26.8 Å². The summed E-state index contributed by atoms with van der Waals surface area (Å²) in [6.07, 6.45) is 0. The quantitative estimate of drug-likeness (QED) is 0.512. The summed E-state index contributed by atoms with van der Waals surface area (Å²) in [6.45, 7) is 0. The summed E-state index contributed by atoms with van der Waals surface area (Å²) < 4.78 is 0.911. The predicted octanol–water partition coefficient (Wildman–Crippen LogP) is 5.27. The minimum Gasteiger partial charge on any atom is -0.323 e. The van der Waals surface area contributed by atoms with Gasteiger partial charge < -0.3 is 5.32 Å². The summed E-state index contributed by atoms with van der Waals surface area (Å²) >= 11 is 16.8. The largest absolute Gasteiger partial charge is 0.323 e. The third-order valence-electron chi connectivity index (χ3n) is 3.15. The second-order valence-corrected chi connectivity index (χ2v) is 7.49. The van der Waals surface area contributed by atoms with Crippen molar-refractivity contribution in [2.24, 2.45) is 0 Å². The monoisotopic (exact) mass is 456 g/mol. The van der Waals surface area contributed by atoms with Gasteiger partial charge in [0.25, 0.3) is 0 Å². The van der Waals surface area contributed by atoms with Crippen molar-refractivity contribution in [3.63, 3.8) is 0 Å². The molecule has 0 saturated carbocycles. The van der Waals surface area contributed by atoms with Gasteiger partial charge >= 0.3 is 0 Å². The highest BCUT2D eigenvalue weighted by Gasteiger charge is 2.13. The lowest BCUT2D eigenvalue weighted by Gasteiger charge is -2.08. The van der Waals surface area contributed by atoms with Gasteiger partial charge in [-0.05, 0) is 18.2 Å². The minimum atomic E-state index is -0.243. The number of carbonyl (C=O) groups excluding carboxylic acids is 1. The smallest absolute Gasteiger partial charge is 0.234 e. The van der Waals surface area contributed by atoms with Crippen LogP contribution in [0.2, 0.25) is 10.0 Å². The molecule has 1 amide bonds. The van der Waals surface area contributed by atoms with E-state index in [2.05, 4.69) is 36.4 Å². The van der Waals surface area contributed by atoms with E-state index in [9.17, 15) is 4.79 Å². The Morgan fingerprint density at radius 3 is 2.60 bits per heavy atom. The van der Waals surface area contributed by atoms with E-state index < -0.39 is 0 Å². The highest BCUT2D eigenvalue weighted by Crippen LogP contribution is 2.30. The first-order chi connectivity index (χ1) is 12.0. The molecule has 0 bridgehead atoms. The highest BCUT2D eigenvalue weighted by atomic mass is 79.9. The third kappa shape index (κ3) is 4.55. The first kappa shape index (κ1) is 18.3. The molecule has 2 aromatic carbocycles. The number of thioether (sulfide) groups is 1. The standard InChI is InChI=1S/C16H11BrCl2N4OS/c17-10-5-2-1-4-9(10)15-21-16(23-22-15)25-8-13(24)20-14-11(18)6-3-7-12(14)19/h1-7H,8H2,(H,20,24)(H,21,22,23). The van der Waals surface area contributed by atoms with Crippen LogP contribution in [-0.2, 0) is 4.79 Å². The van der Waals surface area contributed by atoms with Crippen LogP contribution >= 0.6 is 50.9 Å². The second kappa shape index (κ2) is 8.23. The van der Waals surface area contributed by atoms with Crippen molar-refractivity contribution in [2.45, 2.75) is 5.16 Å². The molecule has 0 aliphatic heterocycles. The molecule has 0 unspecified atom stereocenters. The molecule has 2 N–H and O–H groups in total. The zero-order valence-corrected chi connectivity index (χ0v) is 16.5. The maximum Gasteiger partial charge on any atom is 0.234 e. The van der Waals surface area contributed by atoms with E-state index in [1.54, 1.807) is 18.2 Å². The molecule has 3 rings (SSSR count). The summed E-state index contributed by atoms with van der Waals surface area (Å²) in [5, 5.41) is 10.9. The number of carbonyl (C=O) groups is 1. The summed E-state index contributed by atoms with van der Waals surface area (Å²) in [5.41, 5.74) is 1.30. The first-order valence-corrected chi connectivity index (χ1v) is 9.62. The molecule has 0 spiro atoms. The molecule has 1 aromatic heterocycles. The molecule has 0 radical (unpaired) electrons. The number of hydrogen-bond acceptors (Lipinski definition) is 4. The van der Waals surface area contributed by atoms with Gasteiger partial charge in [-0.3, -0.25) is 9.89 Å². The van der Waals surface area contributed by atoms with E-state index in [0.29, 0.717) is 26.7 Å². The molecule has 25 heavy (non-hydrogen) atoms. The summed E-state index contributed by atoms with van der Waals surface area (Å²) in [6, 6.07) is 12.7. The molecule has 0 saturated heterocycles. The van der Waals surface area contributed by atoms with E-state index in [1.165, 1.54) is 11.8 Å². The molecular formula is C16H11BrCl2N4OS. The van der Waals surface area contributed by atoms with Crippen molar-refractivity contribution in [3.8, 4) is 11.4 Å². The SMILES string of the molecule is O=C(CSc1n[nH]c(-c2ccccc2Br)n1)Nc1c(Cl)cccc1Cl. The highest BCUT2D eigenvalue weighted by molar-refractivity contribution is 9.10. The number of benzene rings is 2. The van der Waals surface area contributed by atoms with Gasteiger partial charge in [-0.2, -0.15) is 0 Å². The predicted molar refractivity (Wildman–Crippen MR) is 105 cm³/mol. The van der Waals surface area contributed by atoms with Gasteiger partial charge in [0.15, 0.2) is 5.82 Å². The minimum absolute atomic E-state index is 0.134. The van der Waals surface area contributed by atoms with Gasteiger partial charge in [0.2, 0.25) is 11.1 Å². The molecule has 0 aliphatic carbocycles. The molecule has 0 fully saturated rings. The number of amides is 1. The lowest BCUT2D eigenvalue weighted by atomic mass is 10.2. The van der Waals surface area contributed by atoms with Gasteiger partial charge in [-0.25, -0.2) is 4.98 Å². The second-order valence-electron chi connectivity index (χ2n) is 4.88. The first-order valence-electron chi connectivity index (χ1n) is 7.08. The number of hydrogen-bond donors (Lipinski definition) is 2. The molecule has 9 heteroatoms. The van der Waals surface area contributed by atoms with E-state index in [0.717, 1.165) is 10.0 Å². The Labute approximate surface area is 166 Å². The number of aromatic nitrogens is 3. The fraction of sp³-hybridized carbons (Fsp3) is 0.0625. The van der Waals surface area contributed by atoms with Crippen LogP contribution in [0.25, 0.3) is 11.4 Å². The maximum atomic E-state index is 12.1. The summed E-state index contributed by atoms with van der Waals surface area (Å²) in [5.74, 6) is 0.520. The molecule has 3 aromatic rings. The Morgan fingerprint density at radius 2 is 1.88 bits per heavy atom. The lowest BCUT2D eigenvalue weighted by molar-refractivity contribution is -0.113. The molecule has 5 nitrogen and oxygen atoms in total. The molecule has 1 heterocycles. The van der Waals surface area contributed by atoms with Gasteiger partial charge in [0.05, 0.1) is 21.5 Å². The number of halogens is 3. The Bertz CT molecular complexity index is 898. The summed E-state index contributed by atoms with van der Waals surface area (Å²) in [7, 11) is 0. The number of aromatic amines is 1. The van der Waals surface area contributed by atoms with Gasteiger partial charge in [0.1, 0.15) is 0 Å². The van der Waals surface area contributed by atoms with Gasteiger partial charge in [0, 0.05) is 10.0 Å². The van der Waals surface area contributed by atoms with Crippen molar-refractivity contribution < 1.29 is 4.79 Å². The van der Waals surface area contributed by atoms with E-state index in [1.807, 2.05) is 24.3 Å². The molecule has 0 aliphatic rings. The van der Waals surface area contributed by atoms with E-state index in [-0.39, 0.29) is 11.7 Å². The molecule has 128 valence electrons. The molecule has 0 atom stereocenters. The van der Waals surface area contributed by atoms with Crippen LogP contribution in [0.4, 0.5) is 5.69 Å². The zero-order valence-electron chi connectivity index (χ0n) is 12.6. The van der Waals surface area contributed by atoms with Crippen molar-refractivity contribution in [1.29, 1.82) is 0 Å². The van der Waals surface area contributed by atoms with Gasteiger partial charge in [-0.1, -0.05) is 75.2 Å². The fourth-order valence-corrected chi connectivity index (χ4v) is 3.57. The molecular weight excluding hydrogens is 447 g/mol. The number of H-pyrrole nitrogens is 1. The Balaban J connectivity index is 1.63. The average Bonchev–Trinajstić information content (AvgIpc) is 3.06. The topological polar surface area (TPSA) is 70.7 Å². The van der Waals surface area contributed by atoms with Crippen LogP contribution in [0.15, 0.2) is 52.1 Å². The van der Waals surface area contributed by atoms with Crippen molar-refractivity contribution >= 4 is 62.5 Å². The van der Waals surface area contributed by atoms with Crippen LogP contribution in [0.5, 0.6) is 0 Å². The van der Waals surface area contributed by atoms with Crippen LogP contribution < -0.4 is 5.32 Å². The van der Waals surface area contributed by atoms with E-state index >= 15 is 0 Å². The van der Waals surface area contributed by atoms with Crippen molar-refractivity contribution in [3.05, 3.63) is 57.0 Å². The van der Waals surface area contributed by atoms with Crippen molar-refractivity contribution in [2.75, 3.05) is 11.1 Å². The number of anilines is 1. The van der Waals surface area contributed by atoms with E-state index in [4.69, 9.17) is 23.2 Å². The van der Waals surface area contributed by atoms with Crippen LogP contribution in [0.1, 0.15) is 0 Å². The maximum absolute atomic E-state index is 12.1. The van der Waals surface area contributed by atoms with Crippen molar-refractivity contribution in [1.82, 2.24) is 15.2 Å². The number of nitrogens with zero attached hydrogens (tertiary/aromatic N) is 2. The number of nitrogens with one attached hydrogen (secondary N) is 2. The zero-order chi connectivity index (χ0) is 17.8. The summed E-state index contributed by atoms with van der Waals surface area (Å²) in [4.78, 5) is 16.5. The van der Waals surface area contributed by atoms with Gasteiger partial charge in [-0.15, -0.1) is 5.10 Å². The number of para-hydroxylation sites is 1. The van der Waals surface area contributed by atoms with Crippen LogP contribution in [0, 0.1) is 0 Å². The lowest BCUT2D eigenvalue weighted by Crippen LogP contribution is -2.14. The third-order valence-corrected chi connectivity index (χ3v) is 5.32. The van der Waals surface area contributed by atoms with Crippen LogP contribution in [0.3, 0.4) is 0 Å².